The zero-order chi connectivity index (χ0) is 16.8. The van der Waals surface area contributed by atoms with Crippen molar-refractivity contribution in [1.29, 1.82) is 0 Å². The number of thiocarbonyl (C=S) groups is 1. The van der Waals surface area contributed by atoms with Crippen LogP contribution < -0.4 is 16.1 Å². The zero-order valence-electron chi connectivity index (χ0n) is 11.9. The van der Waals surface area contributed by atoms with Crippen molar-refractivity contribution in [1.82, 2.24) is 30.4 Å². The van der Waals surface area contributed by atoms with Gasteiger partial charge in [0.2, 0.25) is 3.79 Å². The lowest BCUT2D eigenvalue weighted by Gasteiger charge is -2.30. The van der Waals surface area contributed by atoms with Crippen molar-refractivity contribution >= 4 is 58.2 Å². The topological polar surface area (TPSA) is 87.1 Å². The monoisotopic (exact) mass is 387 g/mol. The highest BCUT2D eigenvalue weighted by Gasteiger charge is 2.35. The molecule has 2 amide bonds. The second kappa shape index (κ2) is 8.56. The first-order valence-corrected chi connectivity index (χ1v) is 7.86. The molecule has 0 fully saturated rings. The van der Waals surface area contributed by atoms with Gasteiger partial charge in [-0.15, -0.1) is 10.2 Å². The Labute approximate surface area is 148 Å². The third-order valence-electron chi connectivity index (χ3n) is 2.57. The molecule has 0 spiro atoms. The number of hydrogen-bond acceptors (Lipinski definition) is 4. The third-order valence-corrected chi connectivity index (χ3v) is 3.43. The normalized spacial score (nSPS) is 12.4. The van der Waals surface area contributed by atoms with Crippen molar-refractivity contribution in [2.24, 2.45) is 0 Å². The van der Waals surface area contributed by atoms with Crippen molar-refractivity contribution < 1.29 is 4.79 Å². The molecule has 0 bridgehead atoms. The van der Waals surface area contributed by atoms with Crippen LogP contribution in [-0.2, 0) is 0 Å². The Morgan fingerprint density at radius 3 is 2.27 bits per heavy atom. The second-order valence-corrected chi connectivity index (χ2v) is 6.83. The molecule has 8 nitrogen and oxygen atoms in total. The van der Waals surface area contributed by atoms with Crippen molar-refractivity contribution in [2.75, 3.05) is 18.5 Å². The Balaban J connectivity index is 2.69. The van der Waals surface area contributed by atoms with Gasteiger partial charge < -0.3 is 15.5 Å². The average Bonchev–Trinajstić information content (AvgIpc) is 2.91. The first kappa shape index (κ1) is 19.0. The summed E-state index contributed by atoms with van der Waals surface area (Å²) < 4.78 is -0.404. The standard InChI is InChI=1S/C10H16Cl3N7OS/c1-3-19(4-2)9(21)17-7(10(11,12)13)16-8(22)18-20-5-14-15-6-20/h5-7H,3-4H2,1-2H3,(H,17,21)(H2,16,18,22). The van der Waals surface area contributed by atoms with E-state index >= 15 is 0 Å². The summed E-state index contributed by atoms with van der Waals surface area (Å²) in [4.78, 5) is 13.6. The lowest BCUT2D eigenvalue weighted by atomic mass is 10.5. The minimum absolute atomic E-state index is 0.121. The van der Waals surface area contributed by atoms with E-state index in [2.05, 4.69) is 26.3 Å². The van der Waals surface area contributed by atoms with Crippen molar-refractivity contribution in [2.45, 2.75) is 23.8 Å². The molecule has 1 rings (SSSR count). The number of carbonyl (C=O) groups excluding carboxylic acids is 1. The quantitative estimate of drug-likeness (QED) is 0.402. The Morgan fingerprint density at radius 2 is 1.82 bits per heavy atom. The molecular formula is C10H16Cl3N7OS. The zero-order valence-corrected chi connectivity index (χ0v) is 15.0. The predicted octanol–water partition coefficient (Wildman–Crippen LogP) is 1.44. The smallest absolute Gasteiger partial charge is 0.319 e. The van der Waals surface area contributed by atoms with Crippen LogP contribution in [0.15, 0.2) is 12.7 Å². The molecule has 0 saturated heterocycles. The van der Waals surface area contributed by atoms with Gasteiger partial charge in [-0.1, -0.05) is 34.8 Å². The summed E-state index contributed by atoms with van der Waals surface area (Å²) in [7, 11) is 0. The van der Waals surface area contributed by atoms with Gasteiger partial charge >= 0.3 is 6.03 Å². The van der Waals surface area contributed by atoms with Crippen LogP contribution in [0.1, 0.15) is 13.8 Å². The van der Waals surface area contributed by atoms with Gasteiger partial charge in [-0.3, -0.25) is 5.43 Å². The first-order chi connectivity index (χ1) is 10.3. The van der Waals surface area contributed by atoms with E-state index in [1.54, 1.807) is 4.90 Å². The Morgan fingerprint density at radius 1 is 1.27 bits per heavy atom. The maximum Gasteiger partial charge on any atom is 0.319 e. The van der Waals surface area contributed by atoms with Crippen LogP contribution in [0, 0.1) is 0 Å². The molecule has 1 unspecified atom stereocenters. The number of rotatable bonds is 5. The molecule has 0 aromatic carbocycles. The number of halogens is 3. The van der Waals surface area contributed by atoms with E-state index in [1.165, 1.54) is 17.3 Å². The Bertz CT molecular complexity index is 489. The van der Waals surface area contributed by atoms with Crippen molar-refractivity contribution in [3.05, 3.63) is 12.7 Å². The van der Waals surface area contributed by atoms with Gasteiger partial charge in [-0.25, -0.2) is 9.47 Å². The molecule has 1 aromatic heterocycles. The first-order valence-electron chi connectivity index (χ1n) is 6.32. The van der Waals surface area contributed by atoms with E-state index in [0.29, 0.717) is 13.1 Å². The third kappa shape index (κ3) is 5.99. The molecule has 1 aromatic rings. The van der Waals surface area contributed by atoms with Gasteiger partial charge in [0, 0.05) is 13.1 Å². The lowest BCUT2D eigenvalue weighted by Crippen LogP contribution is -2.59. The molecule has 22 heavy (non-hydrogen) atoms. The molecule has 0 aliphatic rings. The summed E-state index contributed by atoms with van der Waals surface area (Å²) in [5.41, 5.74) is 2.73. The van der Waals surface area contributed by atoms with E-state index in [1.807, 2.05) is 13.8 Å². The van der Waals surface area contributed by atoms with Gasteiger partial charge in [0.05, 0.1) is 0 Å². The number of urea groups is 1. The maximum atomic E-state index is 12.1. The Hall–Kier alpha value is -1.03. The summed E-state index contributed by atoms with van der Waals surface area (Å²) in [6.07, 6.45) is 1.77. The van der Waals surface area contributed by atoms with Gasteiger partial charge in [0.1, 0.15) is 12.7 Å². The maximum absolute atomic E-state index is 12.1. The second-order valence-electron chi connectivity index (χ2n) is 4.05. The fraction of sp³-hybridized carbons (Fsp3) is 0.600. The number of alkyl halides is 3. The van der Waals surface area contributed by atoms with Crippen LogP contribution in [0.5, 0.6) is 0 Å². The van der Waals surface area contributed by atoms with Crippen molar-refractivity contribution in [3.63, 3.8) is 0 Å². The molecule has 0 radical (unpaired) electrons. The molecule has 0 aliphatic heterocycles. The highest BCUT2D eigenvalue weighted by molar-refractivity contribution is 7.80. The van der Waals surface area contributed by atoms with E-state index in [9.17, 15) is 4.79 Å². The number of nitrogens with zero attached hydrogens (tertiary/aromatic N) is 4. The van der Waals surface area contributed by atoms with Crippen LogP contribution in [-0.4, -0.2) is 54.0 Å². The average molecular weight is 389 g/mol. The molecule has 12 heteroatoms. The number of aromatic nitrogens is 3. The van der Waals surface area contributed by atoms with E-state index in [4.69, 9.17) is 47.0 Å². The molecule has 124 valence electrons. The molecular weight excluding hydrogens is 373 g/mol. The highest BCUT2D eigenvalue weighted by Crippen LogP contribution is 2.29. The van der Waals surface area contributed by atoms with Gasteiger partial charge in [-0.05, 0) is 26.1 Å². The SMILES string of the molecule is CCN(CC)C(=O)NC(NC(=S)Nn1cnnc1)C(Cl)(Cl)Cl. The van der Waals surface area contributed by atoms with Crippen LogP contribution >= 0.6 is 47.0 Å². The fourth-order valence-electron chi connectivity index (χ4n) is 1.46. The van der Waals surface area contributed by atoms with E-state index in [0.717, 1.165) is 0 Å². The molecule has 1 atom stereocenters. The minimum atomic E-state index is -1.80. The summed E-state index contributed by atoms with van der Waals surface area (Å²) >= 11 is 22.7. The van der Waals surface area contributed by atoms with E-state index in [-0.39, 0.29) is 11.1 Å². The molecule has 0 aliphatic carbocycles. The minimum Gasteiger partial charge on any atom is -0.338 e. The van der Waals surface area contributed by atoms with Gasteiger partial charge in [0.25, 0.3) is 0 Å². The molecule has 1 heterocycles. The van der Waals surface area contributed by atoms with Gasteiger partial charge in [0.15, 0.2) is 11.3 Å². The molecule has 3 N–H and O–H groups in total. The largest absolute Gasteiger partial charge is 0.338 e. The van der Waals surface area contributed by atoms with Crippen molar-refractivity contribution in [3.8, 4) is 0 Å². The van der Waals surface area contributed by atoms with Crippen LogP contribution in [0.25, 0.3) is 0 Å². The van der Waals surface area contributed by atoms with Gasteiger partial charge in [-0.2, -0.15) is 0 Å². The van der Waals surface area contributed by atoms with Crippen LogP contribution in [0.4, 0.5) is 4.79 Å². The van der Waals surface area contributed by atoms with Crippen LogP contribution in [0.2, 0.25) is 0 Å². The number of amides is 2. The summed E-state index contributed by atoms with van der Waals surface area (Å²) in [5, 5.41) is 12.6. The number of carbonyl (C=O) groups is 1. The van der Waals surface area contributed by atoms with Crippen LogP contribution in [0.3, 0.4) is 0 Å². The summed E-state index contributed by atoms with van der Waals surface area (Å²) in [6.45, 7) is 4.74. The molecule has 0 saturated carbocycles. The lowest BCUT2D eigenvalue weighted by molar-refractivity contribution is 0.198. The summed E-state index contributed by atoms with van der Waals surface area (Å²) in [5.74, 6) is 0. The Kier molecular flexibility index (Phi) is 7.40. The fourth-order valence-corrected chi connectivity index (χ4v) is 2.01. The summed E-state index contributed by atoms with van der Waals surface area (Å²) in [6, 6.07) is -0.374. The highest BCUT2D eigenvalue weighted by atomic mass is 35.6. The number of nitrogens with one attached hydrogen (secondary N) is 3. The van der Waals surface area contributed by atoms with E-state index < -0.39 is 9.96 Å². The predicted molar refractivity (Wildman–Crippen MR) is 90.6 cm³/mol. The number of hydrogen-bond donors (Lipinski definition) is 3.